The highest BCUT2D eigenvalue weighted by Gasteiger charge is 2.19. The monoisotopic (exact) mass is 184 g/mol. The summed E-state index contributed by atoms with van der Waals surface area (Å²) in [4.78, 5) is 0. The van der Waals surface area contributed by atoms with Gasteiger partial charge in [0.1, 0.15) is 11.6 Å². The second-order valence-electron chi connectivity index (χ2n) is 3.05. The average Bonchev–Trinajstić information content (AvgIpc) is 2.61. The molecule has 0 aliphatic carbocycles. The van der Waals surface area contributed by atoms with Crippen LogP contribution >= 0.6 is 0 Å². The molecule has 0 radical (unpaired) electrons. The summed E-state index contributed by atoms with van der Waals surface area (Å²) in [5.41, 5.74) is 0.394. The fourth-order valence-corrected chi connectivity index (χ4v) is 1.49. The number of halogens is 2. The largest absolute Gasteiger partial charge is 0.303 e. The molecule has 1 aromatic rings. The Morgan fingerprint density at radius 2 is 2.15 bits per heavy atom. The van der Waals surface area contributed by atoms with Gasteiger partial charge in [0.05, 0.1) is 0 Å². The van der Waals surface area contributed by atoms with Crippen molar-refractivity contribution in [3.05, 3.63) is 35.4 Å². The highest BCUT2D eigenvalue weighted by molar-refractivity contribution is 5.23. The molecule has 0 amide bonds. The molecule has 2 N–H and O–H groups in total. The molecular weight excluding hydrogens is 174 g/mol. The Morgan fingerprint density at radius 3 is 2.85 bits per heavy atom. The second-order valence-corrected chi connectivity index (χ2v) is 3.05. The van der Waals surface area contributed by atoms with Gasteiger partial charge in [-0.3, -0.25) is 5.32 Å². The van der Waals surface area contributed by atoms with Crippen molar-refractivity contribution < 1.29 is 8.78 Å². The lowest BCUT2D eigenvalue weighted by molar-refractivity contribution is 0.553. The molecule has 1 aliphatic rings. The van der Waals surface area contributed by atoms with Crippen molar-refractivity contribution in [3.63, 3.8) is 0 Å². The smallest absolute Gasteiger partial charge is 0.128 e. The highest BCUT2D eigenvalue weighted by atomic mass is 19.1. The molecule has 0 spiro atoms. The van der Waals surface area contributed by atoms with Crippen LogP contribution in [0.15, 0.2) is 18.2 Å². The summed E-state index contributed by atoms with van der Waals surface area (Å²) in [6.07, 6.45) is 0. The Balaban J connectivity index is 2.32. The first-order valence-electron chi connectivity index (χ1n) is 4.16. The summed E-state index contributed by atoms with van der Waals surface area (Å²) in [5.74, 6) is -0.757. The van der Waals surface area contributed by atoms with Crippen LogP contribution in [-0.2, 0) is 0 Å². The summed E-state index contributed by atoms with van der Waals surface area (Å²) in [5, 5.41) is 6.04. The van der Waals surface area contributed by atoms with Crippen LogP contribution in [0.2, 0.25) is 0 Å². The molecule has 1 saturated heterocycles. The van der Waals surface area contributed by atoms with Crippen molar-refractivity contribution in [1.82, 2.24) is 10.6 Å². The molecule has 4 heteroatoms. The molecule has 1 fully saturated rings. The number of rotatable bonds is 1. The summed E-state index contributed by atoms with van der Waals surface area (Å²) < 4.78 is 26.0. The van der Waals surface area contributed by atoms with Crippen molar-refractivity contribution >= 4 is 0 Å². The van der Waals surface area contributed by atoms with E-state index < -0.39 is 5.82 Å². The van der Waals surface area contributed by atoms with Crippen LogP contribution in [0.3, 0.4) is 0 Å². The quantitative estimate of drug-likeness (QED) is 0.684. The Bertz CT molecular complexity index is 308. The standard InChI is InChI=1S/C9H10F2N2/c10-6-1-2-8(11)7(3-6)9-4-12-5-13-9/h1-3,9,12-13H,4-5H2. The van der Waals surface area contributed by atoms with E-state index in [1.165, 1.54) is 6.07 Å². The van der Waals surface area contributed by atoms with Gasteiger partial charge in [-0.2, -0.15) is 0 Å². The molecule has 0 saturated carbocycles. The normalized spacial score (nSPS) is 22.2. The molecule has 2 nitrogen and oxygen atoms in total. The van der Waals surface area contributed by atoms with E-state index in [-0.39, 0.29) is 11.9 Å². The van der Waals surface area contributed by atoms with E-state index in [2.05, 4.69) is 10.6 Å². The molecule has 0 bridgehead atoms. The van der Waals surface area contributed by atoms with Gasteiger partial charge in [0, 0.05) is 24.8 Å². The van der Waals surface area contributed by atoms with Gasteiger partial charge in [-0.25, -0.2) is 8.78 Å². The van der Waals surface area contributed by atoms with E-state index in [1.807, 2.05) is 0 Å². The van der Waals surface area contributed by atoms with Crippen molar-refractivity contribution in [2.75, 3.05) is 13.2 Å². The fraction of sp³-hybridized carbons (Fsp3) is 0.333. The third kappa shape index (κ3) is 1.68. The maximum Gasteiger partial charge on any atom is 0.128 e. The first kappa shape index (κ1) is 8.59. The zero-order chi connectivity index (χ0) is 9.26. The molecule has 70 valence electrons. The summed E-state index contributed by atoms with van der Waals surface area (Å²) in [6, 6.07) is 3.40. The third-order valence-electron chi connectivity index (χ3n) is 2.16. The van der Waals surface area contributed by atoms with E-state index in [9.17, 15) is 8.78 Å². The maximum absolute atomic E-state index is 13.2. The van der Waals surface area contributed by atoms with Crippen LogP contribution in [0.25, 0.3) is 0 Å². The molecular formula is C9H10F2N2. The van der Waals surface area contributed by atoms with Crippen LogP contribution in [0.1, 0.15) is 11.6 Å². The lowest BCUT2D eigenvalue weighted by Gasteiger charge is -2.10. The van der Waals surface area contributed by atoms with Crippen LogP contribution in [0.5, 0.6) is 0 Å². The van der Waals surface area contributed by atoms with Gasteiger partial charge in [0.2, 0.25) is 0 Å². The summed E-state index contributed by atoms with van der Waals surface area (Å²) in [7, 11) is 0. The van der Waals surface area contributed by atoms with Gasteiger partial charge in [-0.05, 0) is 18.2 Å². The Hall–Kier alpha value is -1.00. The zero-order valence-electron chi connectivity index (χ0n) is 6.98. The summed E-state index contributed by atoms with van der Waals surface area (Å²) in [6.45, 7) is 1.28. The van der Waals surface area contributed by atoms with E-state index in [1.54, 1.807) is 0 Å². The lowest BCUT2D eigenvalue weighted by atomic mass is 10.1. The van der Waals surface area contributed by atoms with E-state index in [4.69, 9.17) is 0 Å². The van der Waals surface area contributed by atoms with Gasteiger partial charge < -0.3 is 5.32 Å². The van der Waals surface area contributed by atoms with Gasteiger partial charge in [0.15, 0.2) is 0 Å². The van der Waals surface area contributed by atoms with Gasteiger partial charge in [0.25, 0.3) is 0 Å². The Morgan fingerprint density at radius 1 is 1.31 bits per heavy atom. The van der Waals surface area contributed by atoms with Crippen LogP contribution < -0.4 is 10.6 Å². The van der Waals surface area contributed by atoms with Crippen molar-refractivity contribution in [2.24, 2.45) is 0 Å². The molecule has 2 rings (SSSR count). The predicted molar refractivity (Wildman–Crippen MR) is 45.1 cm³/mol. The average molecular weight is 184 g/mol. The number of hydrogen-bond donors (Lipinski definition) is 2. The number of hydrogen-bond acceptors (Lipinski definition) is 2. The fourth-order valence-electron chi connectivity index (χ4n) is 1.49. The molecule has 13 heavy (non-hydrogen) atoms. The van der Waals surface area contributed by atoms with Gasteiger partial charge >= 0.3 is 0 Å². The second kappa shape index (κ2) is 3.40. The van der Waals surface area contributed by atoms with Gasteiger partial charge in [-0.15, -0.1) is 0 Å². The van der Waals surface area contributed by atoms with Crippen LogP contribution in [0.4, 0.5) is 8.78 Å². The van der Waals surface area contributed by atoms with Crippen molar-refractivity contribution in [1.29, 1.82) is 0 Å². The minimum Gasteiger partial charge on any atom is -0.303 e. The van der Waals surface area contributed by atoms with E-state index in [0.717, 1.165) is 12.1 Å². The number of nitrogens with one attached hydrogen (secondary N) is 2. The molecule has 1 heterocycles. The first-order valence-corrected chi connectivity index (χ1v) is 4.16. The predicted octanol–water partition coefficient (Wildman–Crippen LogP) is 1.16. The minimum atomic E-state index is -0.398. The minimum absolute atomic E-state index is 0.115. The Labute approximate surface area is 75.0 Å². The maximum atomic E-state index is 13.2. The van der Waals surface area contributed by atoms with Crippen LogP contribution in [0, 0.1) is 11.6 Å². The SMILES string of the molecule is Fc1ccc(F)c(C2CNCN2)c1. The lowest BCUT2D eigenvalue weighted by Crippen LogP contribution is -2.16. The molecule has 1 aliphatic heterocycles. The number of benzene rings is 1. The molecule has 1 atom stereocenters. The molecule has 1 aromatic carbocycles. The van der Waals surface area contributed by atoms with Crippen LogP contribution in [-0.4, -0.2) is 13.2 Å². The zero-order valence-corrected chi connectivity index (χ0v) is 6.98. The Kier molecular flexibility index (Phi) is 2.24. The van der Waals surface area contributed by atoms with E-state index >= 15 is 0 Å². The van der Waals surface area contributed by atoms with Gasteiger partial charge in [-0.1, -0.05) is 0 Å². The molecule has 0 aromatic heterocycles. The summed E-state index contributed by atoms with van der Waals surface area (Å²) >= 11 is 0. The van der Waals surface area contributed by atoms with Crippen molar-refractivity contribution in [2.45, 2.75) is 6.04 Å². The third-order valence-corrected chi connectivity index (χ3v) is 2.16. The molecule has 1 unspecified atom stereocenters. The van der Waals surface area contributed by atoms with Crippen molar-refractivity contribution in [3.8, 4) is 0 Å². The highest BCUT2D eigenvalue weighted by Crippen LogP contribution is 2.19. The first-order chi connectivity index (χ1) is 6.27. The van der Waals surface area contributed by atoms with E-state index in [0.29, 0.717) is 18.8 Å². The topological polar surface area (TPSA) is 24.1 Å².